The van der Waals surface area contributed by atoms with Crippen molar-refractivity contribution in [2.45, 2.75) is 13.8 Å². The third-order valence-electron chi connectivity index (χ3n) is 3.40. The summed E-state index contributed by atoms with van der Waals surface area (Å²) >= 11 is 0. The molecule has 0 aliphatic carbocycles. The zero-order chi connectivity index (χ0) is 14.3. The maximum atomic E-state index is 13.1. The monoisotopic (exact) mass is 268 g/mol. The highest BCUT2D eigenvalue weighted by atomic mass is 19.1. The second kappa shape index (κ2) is 4.60. The number of rotatable bonds is 2. The lowest BCUT2D eigenvalue weighted by Crippen LogP contribution is -2.02. The minimum absolute atomic E-state index is 0.224. The molecule has 20 heavy (non-hydrogen) atoms. The fourth-order valence-electron chi connectivity index (χ4n) is 2.34. The maximum Gasteiger partial charge on any atom is 0.228 e. The number of carbonyl (C=O) groups is 1. The van der Waals surface area contributed by atoms with E-state index in [1.165, 1.54) is 18.2 Å². The minimum Gasteiger partial charge on any atom is -0.452 e. The molecule has 0 spiro atoms. The van der Waals surface area contributed by atoms with Crippen LogP contribution < -0.4 is 0 Å². The highest BCUT2D eigenvalue weighted by molar-refractivity contribution is 6.09. The summed E-state index contributed by atoms with van der Waals surface area (Å²) in [6, 6.07) is 11.6. The summed E-state index contributed by atoms with van der Waals surface area (Å²) in [4.78, 5) is 12.4. The first-order valence-corrected chi connectivity index (χ1v) is 6.36. The predicted octanol–water partition coefficient (Wildman–Crippen LogP) is 4.42. The first kappa shape index (κ1) is 12.6. The molecule has 2 nitrogen and oxygen atoms in total. The highest BCUT2D eigenvalue weighted by Crippen LogP contribution is 2.25. The van der Waals surface area contributed by atoms with Gasteiger partial charge in [-0.25, -0.2) is 4.39 Å². The van der Waals surface area contributed by atoms with Crippen LogP contribution in [0.15, 0.2) is 46.9 Å². The summed E-state index contributed by atoms with van der Waals surface area (Å²) in [5.74, 6) is -0.290. The van der Waals surface area contributed by atoms with Crippen molar-refractivity contribution < 1.29 is 13.6 Å². The van der Waals surface area contributed by atoms with Gasteiger partial charge in [0.25, 0.3) is 0 Å². The van der Waals surface area contributed by atoms with E-state index in [1.54, 1.807) is 13.0 Å². The fourth-order valence-corrected chi connectivity index (χ4v) is 2.34. The number of para-hydroxylation sites is 1. The molecule has 0 atom stereocenters. The Kier molecular flexibility index (Phi) is 2.90. The van der Waals surface area contributed by atoms with E-state index in [0.29, 0.717) is 11.1 Å². The average Bonchev–Trinajstić information content (AvgIpc) is 2.83. The van der Waals surface area contributed by atoms with Crippen LogP contribution in [-0.2, 0) is 0 Å². The van der Waals surface area contributed by atoms with Crippen molar-refractivity contribution in [1.29, 1.82) is 0 Å². The van der Waals surface area contributed by atoms with Crippen LogP contribution in [0.3, 0.4) is 0 Å². The van der Waals surface area contributed by atoms with Gasteiger partial charge in [0.2, 0.25) is 5.78 Å². The van der Waals surface area contributed by atoms with Crippen molar-refractivity contribution in [3.63, 3.8) is 0 Å². The Bertz CT molecular complexity index is 815. The lowest BCUT2D eigenvalue weighted by molar-refractivity contribution is 0.101. The normalized spacial score (nSPS) is 10.9. The maximum absolute atomic E-state index is 13.1. The molecular formula is C17H13FO2. The van der Waals surface area contributed by atoms with Crippen molar-refractivity contribution in [2.24, 2.45) is 0 Å². The van der Waals surface area contributed by atoms with E-state index >= 15 is 0 Å². The number of hydrogen-bond donors (Lipinski definition) is 0. The van der Waals surface area contributed by atoms with Crippen LogP contribution in [0.25, 0.3) is 11.0 Å². The fraction of sp³-hybridized carbons (Fsp3) is 0.118. The molecule has 0 radical (unpaired) electrons. The SMILES string of the molecule is Cc1cc(F)ccc1C(=O)c1cc2cccc(C)c2o1. The van der Waals surface area contributed by atoms with E-state index < -0.39 is 0 Å². The van der Waals surface area contributed by atoms with Crippen molar-refractivity contribution in [3.8, 4) is 0 Å². The standard InChI is InChI=1S/C17H13FO2/c1-10-4-3-5-12-9-15(20-17(10)12)16(19)14-7-6-13(18)8-11(14)2/h3-9H,1-2H3. The molecule has 3 aromatic rings. The first-order chi connectivity index (χ1) is 9.56. The molecule has 3 rings (SSSR count). The van der Waals surface area contributed by atoms with Gasteiger partial charge in [-0.3, -0.25) is 4.79 Å². The van der Waals surface area contributed by atoms with Gasteiger partial charge in [0.1, 0.15) is 11.4 Å². The summed E-state index contributed by atoms with van der Waals surface area (Å²) in [7, 11) is 0. The molecule has 0 aliphatic heterocycles. The van der Waals surface area contributed by atoms with Gasteiger partial charge >= 0.3 is 0 Å². The molecule has 0 aliphatic rings. The van der Waals surface area contributed by atoms with Crippen LogP contribution in [-0.4, -0.2) is 5.78 Å². The molecule has 100 valence electrons. The van der Waals surface area contributed by atoms with Crippen molar-refractivity contribution in [2.75, 3.05) is 0 Å². The van der Waals surface area contributed by atoms with Crippen LogP contribution in [0.1, 0.15) is 27.2 Å². The van der Waals surface area contributed by atoms with E-state index in [4.69, 9.17) is 4.42 Å². The lowest BCUT2D eigenvalue weighted by atomic mass is 10.0. The third-order valence-corrected chi connectivity index (χ3v) is 3.40. The Labute approximate surface area is 115 Å². The molecule has 3 heteroatoms. The lowest BCUT2D eigenvalue weighted by Gasteiger charge is -2.02. The van der Waals surface area contributed by atoms with Crippen molar-refractivity contribution >= 4 is 16.8 Å². The average molecular weight is 268 g/mol. The topological polar surface area (TPSA) is 30.2 Å². The summed E-state index contributed by atoms with van der Waals surface area (Å²) < 4.78 is 18.8. The molecule has 0 saturated heterocycles. The second-order valence-electron chi connectivity index (χ2n) is 4.89. The van der Waals surface area contributed by atoms with Gasteiger partial charge in [0.05, 0.1) is 0 Å². The summed E-state index contributed by atoms with van der Waals surface area (Å²) in [6.45, 7) is 3.65. The number of furan rings is 1. The number of halogens is 1. The van der Waals surface area contributed by atoms with Crippen LogP contribution >= 0.6 is 0 Å². The van der Waals surface area contributed by atoms with Crippen LogP contribution in [0, 0.1) is 19.7 Å². The minimum atomic E-state index is -0.348. The van der Waals surface area contributed by atoms with Gasteiger partial charge < -0.3 is 4.42 Å². The van der Waals surface area contributed by atoms with Gasteiger partial charge in [0.15, 0.2) is 5.76 Å². The molecule has 0 fully saturated rings. The Morgan fingerprint density at radius 1 is 1.05 bits per heavy atom. The molecule has 1 aromatic heterocycles. The molecule has 0 saturated carbocycles. The summed E-state index contributed by atoms with van der Waals surface area (Å²) in [5, 5.41) is 0.896. The van der Waals surface area contributed by atoms with Crippen LogP contribution in [0.2, 0.25) is 0 Å². The zero-order valence-corrected chi connectivity index (χ0v) is 11.2. The summed E-state index contributed by atoms with van der Waals surface area (Å²) in [6.07, 6.45) is 0. The number of fused-ring (bicyclic) bond motifs is 1. The van der Waals surface area contributed by atoms with Gasteiger partial charge in [-0.2, -0.15) is 0 Å². The quantitative estimate of drug-likeness (QED) is 0.644. The Morgan fingerprint density at radius 2 is 1.85 bits per heavy atom. The number of hydrogen-bond acceptors (Lipinski definition) is 2. The number of ketones is 1. The van der Waals surface area contributed by atoms with E-state index in [0.717, 1.165) is 16.5 Å². The number of aryl methyl sites for hydroxylation is 2. The molecular weight excluding hydrogens is 255 g/mol. The van der Waals surface area contributed by atoms with Crippen molar-refractivity contribution in [3.05, 3.63) is 70.7 Å². The van der Waals surface area contributed by atoms with Gasteiger partial charge in [-0.15, -0.1) is 0 Å². The largest absolute Gasteiger partial charge is 0.452 e. The molecule has 2 aromatic carbocycles. The smallest absolute Gasteiger partial charge is 0.228 e. The second-order valence-corrected chi connectivity index (χ2v) is 4.89. The molecule has 0 N–H and O–H groups in total. The molecule has 0 amide bonds. The Balaban J connectivity index is 2.10. The van der Waals surface area contributed by atoms with Gasteiger partial charge in [-0.05, 0) is 49.2 Å². The van der Waals surface area contributed by atoms with Crippen LogP contribution in [0.4, 0.5) is 4.39 Å². The van der Waals surface area contributed by atoms with Crippen molar-refractivity contribution in [1.82, 2.24) is 0 Å². The van der Waals surface area contributed by atoms with E-state index in [2.05, 4.69) is 0 Å². The molecule has 1 heterocycles. The predicted molar refractivity (Wildman–Crippen MR) is 75.5 cm³/mol. The van der Waals surface area contributed by atoms with E-state index in [9.17, 15) is 9.18 Å². The first-order valence-electron chi connectivity index (χ1n) is 6.36. The van der Waals surface area contributed by atoms with E-state index in [1.807, 2.05) is 25.1 Å². The molecule has 0 unspecified atom stereocenters. The zero-order valence-electron chi connectivity index (χ0n) is 11.2. The van der Waals surface area contributed by atoms with Crippen LogP contribution in [0.5, 0.6) is 0 Å². The van der Waals surface area contributed by atoms with Gasteiger partial charge in [-0.1, -0.05) is 18.2 Å². The number of benzene rings is 2. The Morgan fingerprint density at radius 3 is 2.55 bits per heavy atom. The number of carbonyl (C=O) groups excluding carboxylic acids is 1. The third kappa shape index (κ3) is 2.01. The highest BCUT2D eigenvalue weighted by Gasteiger charge is 2.17. The van der Waals surface area contributed by atoms with E-state index in [-0.39, 0.29) is 17.4 Å². The Hall–Kier alpha value is -2.42. The molecule has 0 bridgehead atoms. The van der Waals surface area contributed by atoms with Gasteiger partial charge in [0, 0.05) is 10.9 Å². The summed E-state index contributed by atoms with van der Waals surface area (Å²) in [5.41, 5.74) is 2.77.